The molecule has 0 aromatic rings. The maximum absolute atomic E-state index is 9.50. The minimum absolute atomic E-state index is 0.387. The van der Waals surface area contributed by atoms with Gasteiger partial charge in [0.05, 0.1) is 6.10 Å². The highest BCUT2D eigenvalue weighted by Gasteiger charge is 2.43. The number of hydrogen-bond donors (Lipinski definition) is 3. The summed E-state index contributed by atoms with van der Waals surface area (Å²) in [5.74, 6) is 0. The van der Waals surface area contributed by atoms with E-state index in [-0.39, 0.29) is 0 Å². The van der Waals surface area contributed by atoms with Crippen molar-refractivity contribution in [1.82, 2.24) is 0 Å². The predicted octanol–water partition coefficient (Wildman–Crippen LogP) is -0.734. The van der Waals surface area contributed by atoms with Crippen molar-refractivity contribution in [2.24, 2.45) is 0 Å². The van der Waals surface area contributed by atoms with Crippen LogP contribution in [0.1, 0.15) is 6.92 Å². The molecule has 1 rings (SSSR count). The summed E-state index contributed by atoms with van der Waals surface area (Å²) in [5, 5.41) is 28.5. The van der Waals surface area contributed by atoms with Gasteiger partial charge in [-0.15, -0.1) is 0 Å². The van der Waals surface area contributed by atoms with Gasteiger partial charge in [-0.1, -0.05) is 22.6 Å². The third-order valence-electron chi connectivity index (χ3n) is 2.15. The molecule has 0 spiro atoms. The standard InChI is InChI=1S/C8H15IO5/c1-2-13-8-7(12)6(11)5(10)4(3-9)14-8/h4-8,10-12H,2-3H2,1H3/t4-,5-,6+,7-,8?/m1/s1/i9-3. The number of rotatable bonds is 3. The second-order valence-electron chi connectivity index (χ2n) is 3.12. The Morgan fingerprint density at radius 3 is 2.36 bits per heavy atom. The lowest BCUT2D eigenvalue weighted by atomic mass is 10.0. The Morgan fingerprint density at radius 1 is 1.21 bits per heavy atom. The molecule has 0 bridgehead atoms. The average molecular weight is 315 g/mol. The molecule has 1 saturated heterocycles. The van der Waals surface area contributed by atoms with Crippen LogP contribution in [-0.4, -0.2) is 57.1 Å². The lowest BCUT2D eigenvalue weighted by Gasteiger charge is -2.39. The molecule has 1 aliphatic rings. The topological polar surface area (TPSA) is 79.2 Å². The Morgan fingerprint density at radius 2 is 1.86 bits per heavy atom. The van der Waals surface area contributed by atoms with Crippen LogP contribution in [0.4, 0.5) is 0 Å². The molecular formula is C8H15IO5. The van der Waals surface area contributed by atoms with Crippen LogP contribution in [0, 0.1) is 0 Å². The highest BCUT2D eigenvalue weighted by Crippen LogP contribution is 2.23. The summed E-state index contributed by atoms with van der Waals surface area (Å²) in [7, 11) is 0. The van der Waals surface area contributed by atoms with Gasteiger partial charge in [-0.2, -0.15) is 0 Å². The van der Waals surface area contributed by atoms with E-state index in [0.717, 1.165) is 0 Å². The number of ether oxygens (including phenoxy) is 2. The van der Waals surface area contributed by atoms with Crippen molar-refractivity contribution in [2.75, 3.05) is 11.0 Å². The molecule has 0 amide bonds. The fraction of sp³-hybridized carbons (Fsp3) is 1.00. The first kappa shape index (κ1) is 12.6. The van der Waals surface area contributed by atoms with Crippen molar-refractivity contribution in [1.29, 1.82) is 0 Å². The predicted molar refractivity (Wildman–Crippen MR) is 57.2 cm³/mol. The summed E-state index contributed by atoms with van der Waals surface area (Å²) >= 11 is 2.04. The van der Waals surface area contributed by atoms with Gasteiger partial charge in [-0.25, -0.2) is 0 Å². The Balaban J connectivity index is 2.63. The molecular weight excluding hydrogens is 300 g/mol. The van der Waals surface area contributed by atoms with Crippen LogP contribution >= 0.6 is 22.6 Å². The molecule has 5 nitrogen and oxygen atoms in total. The van der Waals surface area contributed by atoms with Crippen LogP contribution in [0.15, 0.2) is 0 Å². The zero-order chi connectivity index (χ0) is 10.7. The van der Waals surface area contributed by atoms with Gasteiger partial charge in [0.2, 0.25) is 0 Å². The zero-order valence-electron chi connectivity index (χ0n) is 7.84. The molecule has 0 aromatic heterocycles. The maximum Gasteiger partial charge on any atom is 0.186 e. The number of aliphatic hydroxyl groups is 3. The molecule has 84 valence electrons. The highest BCUT2D eigenvalue weighted by atomic mass is 124. The lowest BCUT2D eigenvalue weighted by molar-refractivity contribution is -0.290. The van der Waals surface area contributed by atoms with Gasteiger partial charge in [-0.05, 0) is 6.92 Å². The van der Waals surface area contributed by atoms with Crippen LogP contribution in [0.25, 0.3) is 0 Å². The summed E-state index contributed by atoms with van der Waals surface area (Å²) in [4.78, 5) is 0. The Bertz CT molecular complexity index is 175. The van der Waals surface area contributed by atoms with Crippen molar-refractivity contribution in [3.05, 3.63) is 0 Å². The summed E-state index contributed by atoms with van der Waals surface area (Å²) in [5.41, 5.74) is 0. The molecule has 0 aliphatic carbocycles. The van der Waals surface area contributed by atoms with Gasteiger partial charge in [0.25, 0.3) is 0 Å². The molecule has 0 aromatic carbocycles. The average Bonchev–Trinajstić information content (AvgIpc) is 2.19. The third-order valence-corrected chi connectivity index (χ3v) is 3.02. The van der Waals surface area contributed by atoms with Crippen molar-refractivity contribution in [2.45, 2.75) is 37.6 Å². The normalized spacial score (nSPS) is 43.9. The lowest BCUT2D eigenvalue weighted by Crippen LogP contribution is -2.58. The molecule has 0 radical (unpaired) electrons. The van der Waals surface area contributed by atoms with Crippen LogP contribution in [-0.2, 0) is 9.47 Å². The molecule has 6 heteroatoms. The molecule has 3 N–H and O–H groups in total. The van der Waals surface area contributed by atoms with Crippen LogP contribution in [0.3, 0.4) is 0 Å². The summed E-state index contributed by atoms with van der Waals surface area (Å²) in [6.45, 7) is 2.16. The SMILES string of the molecule is CCOC1O[C@H](C[124I])[C@@H](O)[C@H](O)[C@H]1O. The molecule has 0 saturated carbocycles. The van der Waals surface area contributed by atoms with Gasteiger partial charge in [0, 0.05) is 11.0 Å². The Labute approximate surface area is 96.2 Å². The van der Waals surface area contributed by atoms with E-state index >= 15 is 0 Å². The highest BCUT2D eigenvalue weighted by molar-refractivity contribution is 14.1. The van der Waals surface area contributed by atoms with Gasteiger partial charge < -0.3 is 24.8 Å². The first-order valence-electron chi connectivity index (χ1n) is 4.49. The summed E-state index contributed by atoms with van der Waals surface area (Å²) < 4.78 is 10.9. The van der Waals surface area contributed by atoms with Crippen LogP contribution < -0.4 is 0 Å². The summed E-state index contributed by atoms with van der Waals surface area (Å²) in [6, 6.07) is 0. The molecule has 1 aliphatic heterocycles. The first-order chi connectivity index (χ1) is 6.61. The van der Waals surface area contributed by atoms with Crippen molar-refractivity contribution in [3.63, 3.8) is 0 Å². The quantitative estimate of drug-likeness (QED) is 0.473. The molecule has 1 unspecified atom stereocenters. The first-order valence-corrected chi connectivity index (χ1v) is 6.01. The zero-order valence-corrected chi connectivity index (χ0v) is 9.99. The van der Waals surface area contributed by atoms with Crippen LogP contribution in [0.5, 0.6) is 0 Å². The third kappa shape index (κ3) is 2.56. The largest absolute Gasteiger partial charge is 0.388 e. The van der Waals surface area contributed by atoms with E-state index in [9.17, 15) is 15.3 Å². The van der Waals surface area contributed by atoms with Crippen molar-refractivity contribution >= 4 is 22.6 Å². The second kappa shape index (κ2) is 5.57. The van der Waals surface area contributed by atoms with Crippen molar-refractivity contribution < 1.29 is 24.8 Å². The summed E-state index contributed by atoms with van der Waals surface area (Å²) in [6.07, 6.45) is -4.80. The molecule has 14 heavy (non-hydrogen) atoms. The maximum atomic E-state index is 9.50. The minimum Gasteiger partial charge on any atom is -0.388 e. The van der Waals surface area contributed by atoms with Crippen molar-refractivity contribution in [3.8, 4) is 0 Å². The number of aliphatic hydroxyl groups excluding tert-OH is 3. The van der Waals surface area contributed by atoms with E-state index in [1.165, 1.54) is 0 Å². The smallest absolute Gasteiger partial charge is 0.186 e. The van der Waals surface area contributed by atoms with E-state index in [1.807, 2.05) is 22.6 Å². The van der Waals surface area contributed by atoms with E-state index in [4.69, 9.17) is 9.47 Å². The Hall–Kier alpha value is 0.530. The van der Waals surface area contributed by atoms with Gasteiger partial charge in [0.15, 0.2) is 6.29 Å². The number of alkyl halides is 1. The van der Waals surface area contributed by atoms with Gasteiger partial charge in [-0.3, -0.25) is 0 Å². The van der Waals surface area contributed by atoms with Gasteiger partial charge in [0.1, 0.15) is 18.3 Å². The van der Waals surface area contributed by atoms with E-state index in [2.05, 4.69) is 0 Å². The molecule has 1 fully saturated rings. The Kier molecular flexibility index (Phi) is 5.01. The fourth-order valence-electron chi connectivity index (χ4n) is 1.35. The molecule has 1 heterocycles. The monoisotopic (exact) mass is 315 g/mol. The van der Waals surface area contributed by atoms with E-state index in [0.29, 0.717) is 11.0 Å². The van der Waals surface area contributed by atoms with Crippen LogP contribution in [0.2, 0.25) is 0 Å². The number of hydrogen-bond acceptors (Lipinski definition) is 5. The van der Waals surface area contributed by atoms with Gasteiger partial charge >= 0.3 is 0 Å². The number of halogens is 1. The molecule has 5 atom stereocenters. The second-order valence-corrected chi connectivity index (χ2v) is 4.01. The van der Waals surface area contributed by atoms with E-state index in [1.54, 1.807) is 6.92 Å². The van der Waals surface area contributed by atoms with E-state index < -0.39 is 30.7 Å². The fourth-order valence-corrected chi connectivity index (χ4v) is 2.07. The minimum atomic E-state index is -1.21.